The van der Waals surface area contributed by atoms with Crippen LogP contribution in [0.3, 0.4) is 0 Å². The third kappa shape index (κ3) is 3.84. The molecule has 1 aromatic heterocycles. The number of esters is 1. The molecule has 0 fully saturated rings. The quantitative estimate of drug-likeness (QED) is 0.421. The maximum Gasteiger partial charge on any atom is 0.341 e. The minimum atomic E-state index is -0.801. The van der Waals surface area contributed by atoms with Gasteiger partial charge in [0.25, 0.3) is 0 Å². The van der Waals surface area contributed by atoms with Crippen molar-refractivity contribution in [2.24, 2.45) is 7.05 Å². The number of halogens is 3. The van der Waals surface area contributed by atoms with E-state index in [9.17, 15) is 9.18 Å². The van der Waals surface area contributed by atoms with E-state index in [4.69, 9.17) is 27.9 Å². The minimum absolute atomic E-state index is 0.244. The predicted molar refractivity (Wildman–Crippen MR) is 104 cm³/mol. The summed E-state index contributed by atoms with van der Waals surface area (Å²) in [5.74, 6) is -0.905. The predicted octanol–water partition coefficient (Wildman–Crippen LogP) is 5.38. The van der Waals surface area contributed by atoms with Gasteiger partial charge in [0.15, 0.2) is 0 Å². The van der Waals surface area contributed by atoms with E-state index in [-0.39, 0.29) is 6.61 Å². The zero-order valence-corrected chi connectivity index (χ0v) is 16.3. The number of hydrogen-bond acceptors (Lipinski definition) is 3. The fourth-order valence-electron chi connectivity index (χ4n) is 2.92. The topological polar surface area (TPSA) is 44.1 Å². The van der Waals surface area contributed by atoms with Crippen molar-refractivity contribution >= 4 is 29.2 Å². The summed E-state index contributed by atoms with van der Waals surface area (Å²) in [5, 5.41) is 3.83. The van der Waals surface area contributed by atoms with Gasteiger partial charge in [-0.25, -0.2) is 9.18 Å². The standard InChI is InChI=1S/C20H17Cl2FN2O2/c1-3-27-20(26)16-11-24-25(2)19(16)13-9-8-12(21)10-15(13)18(22)14-6-4-5-7-17(14)23/h4-11,18H,3H2,1-2H3. The second-order valence-electron chi connectivity index (χ2n) is 5.87. The van der Waals surface area contributed by atoms with Gasteiger partial charge in [-0.1, -0.05) is 35.9 Å². The molecule has 0 bridgehead atoms. The van der Waals surface area contributed by atoms with Gasteiger partial charge in [0, 0.05) is 23.2 Å². The van der Waals surface area contributed by atoms with Gasteiger partial charge in [-0.3, -0.25) is 4.68 Å². The van der Waals surface area contributed by atoms with Gasteiger partial charge in [-0.2, -0.15) is 5.10 Å². The smallest absolute Gasteiger partial charge is 0.341 e. The summed E-state index contributed by atoms with van der Waals surface area (Å²) in [6, 6.07) is 11.4. The van der Waals surface area contributed by atoms with Crippen LogP contribution in [0.2, 0.25) is 5.02 Å². The number of hydrogen-bond donors (Lipinski definition) is 0. The van der Waals surface area contributed by atoms with Gasteiger partial charge in [-0.05, 0) is 30.7 Å². The molecular formula is C20H17Cl2FN2O2. The van der Waals surface area contributed by atoms with Crippen molar-refractivity contribution < 1.29 is 13.9 Å². The van der Waals surface area contributed by atoms with Crippen LogP contribution in [0, 0.1) is 5.82 Å². The molecule has 0 saturated heterocycles. The Morgan fingerprint density at radius 1 is 1.26 bits per heavy atom. The fraction of sp³-hybridized carbons (Fsp3) is 0.200. The first-order valence-electron chi connectivity index (χ1n) is 8.31. The van der Waals surface area contributed by atoms with E-state index in [0.29, 0.717) is 33.0 Å². The van der Waals surface area contributed by atoms with Gasteiger partial charge in [0.1, 0.15) is 11.4 Å². The zero-order chi connectivity index (χ0) is 19.6. The summed E-state index contributed by atoms with van der Waals surface area (Å²) >= 11 is 12.8. The average molecular weight is 407 g/mol. The van der Waals surface area contributed by atoms with Crippen molar-refractivity contribution in [3.63, 3.8) is 0 Å². The lowest BCUT2D eigenvalue weighted by Crippen LogP contribution is -2.08. The van der Waals surface area contributed by atoms with Gasteiger partial charge in [0.05, 0.1) is 23.9 Å². The molecule has 1 heterocycles. The Morgan fingerprint density at radius 2 is 2.00 bits per heavy atom. The molecule has 3 aromatic rings. The second kappa shape index (κ2) is 8.11. The van der Waals surface area contributed by atoms with Crippen LogP contribution >= 0.6 is 23.2 Å². The van der Waals surface area contributed by atoms with E-state index in [1.807, 2.05) is 0 Å². The van der Waals surface area contributed by atoms with Crippen LogP contribution in [0.25, 0.3) is 11.3 Å². The first kappa shape index (κ1) is 19.4. The molecule has 0 aliphatic heterocycles. The van der Waals surface area contributed by atoms with E-state index in [2.05, 4.69) is 5.10 Å². The number of aryl methyl sites for hydroxylation is 1. The van der Waals surface area contributed by atoms with Crippen molar-refractivity contribution in [3.05, 3.63) is 76.2 Å². The van der Waals surface area contributed by atoms with E-state index >= 15 is 0 Å². The molecule has 0 saturated carbocycles. The number of carbonyl (C=O) groups is 1. The number of benzene rings is 2. The molecule has 0 aliphatic rings. The van der Waals surface area contributed by atoms with Crippen LogP contribution < -0.4 is 0 Å². The monoisotopic (exact) mass is 406 g/mol. The highest BCUT2D eigenvalue weighted by molar-refractivity contribution is 6.31. The maximum atomic E-state index is 14.3. The highest BCUT2D eigenvalue weighted by Gasteiger charge is 2.25. The molecule has 2 aromatic carbocycles. The molecule has 0 radical (unpaired) electrons. The van der Waals surface area contributed by atoms with E-state index in [1.165, 1.54) is 12.3 Å². The number of nitrogens with zero attached hydrogens (tertiary/aromatic N) is 2. The SMILES string of the molecule is CCOC(=O)c1cnn(C)c1-c1ccc(Cl)cc1C(Cl)c1ccccc1F. The summed E-state index contributed by atoms with van der Waals surface area (Å²) < 4.78 is 21.0. The highest BCUT2D eigenvalue weighted by atomic mass is 35.5. The van der Waals surface area contributed by atoms with Crippen LogP contribution in [0.4, 0.5) is 4.39 Å². The third-order valence-electron chi connectivity index (χ3n) is 4.15. The maximum absolute atomic E-state index is 14.3. The molecule has 27 heavy (non-hydrogen) atoms. The van der Waals surface area contributed by atoms with Crippen molar-refractivity contribution in [1.82, 2.24) is 9.78 Å². The molecule has 4 nitrogen and oxygen atoms in total. The Morgan fingerprint density at radius 3 is 2.70 bits per heavy atom. The lowest BCUT2D eigenvalue weighted by molar-refractivity contribution is 0.0527. The number of aromatic nitrogens is 2. The highest BCUT2D eigenvalue weighted by Crippen LogP contribution is 2.39. The van der Waals surface area contributed by atoms with Crippen LogP contribution in [-0.2, 0) is 11.8 Å². The Balaban J connectivity index is 2.18. The van der Waals surface area contributed by atoms with Crippen molar-refractivity contribution in [1.29, 1.82) is 0 Å². The second-order valence-corrected chi connectivity index (χ2v) is 6.74. The van der Waals surface area contributed by atoms with Crippen LogP contribution in [0.5, 0.6) is 0 Å². The van der Waals surface area contributed by atoms with E-state index in [0.717, 1.165) is 0 Å². The Bertz CT molecular complexity index is 988. The summed E-state index contributed by atoms with van der Waals surface area (Å²) in [4.78, 5) is 12.3. The van der Waals surface area contributed by atoms with Gasteiger partial charge >= 0.3 is 5.97 Å². The molecule has 1 atom stereocenters. The van der Waals surface area contributed by atoms with E-state index < -0.39 is 17.2 Å². The first-order valence-corrected chi connectivity index (χ1v) is 9.13. The summed E-state index contributed by atoms with van der Waals surface area (Å²) in [6.45, 7) is 1.97. The Kier molecular flexibility index (Phi) is 5.82. The van der Waals surface area contributed by atoms with Crippen molar-refractivity contribution in [2.45, 2.75) is 12.3 Å². The molecule has 3 rings (SSSR count). The minimum Gasteiger partial charge on any atom is -0.462 e. The Hall–Kier alpha value is -2.37. The normalized spacial score (nSPS) is 12.0. The number of carbonyl (C=O) groups excluding carboxylic acids is 1. The molecule has 0 amide bonds. The summed E-state index contributed by atoms with van der Waals surface area (Å²) in [6.07, 6.45) is 1.44. The number of ether oxygens (including phenoxy) is 1. The fourth-order valence-corrected chi connectivity index (χ4v) is 3.46. The molecule has 0 N–H and O–H groups in total. The molecule has 140 valence electrons. The number of alkyl halides is 1. The van der Waals surface area contributed by atoms with Gasteiger partial charge in [0.2, 0.25) is 0 Å². The molecule has 1 unspecified atom stereocenters. The summed E-state index contributed by atoms with van der Waals surface area (Å²) in [7, 11) is 1.71. The van der Waals surface area contributed by atoms with Gasteiger partial charge in [-0.15, -0.1) is 11.6 Å². The lowest BCUT2D eigenvalue weighted by Gasteiger charge is -2.17. The van der Waals surface area contributed by atoms with Crippen molar-refractivity contribution in [2.75, 3.05) is 6.61 Å². The van der Waals surface area contributed by atoms with Crippen LogP contribution in [0.15, 0.2) is 48.7 Å². The molecule has 0 aliphatic carbocycles. The lowest BCUT2D eigenvalue weighted by atomic mass is 9.95. The largest absolute Gasteiger partial charge is 0.462 e. The van der Waals surface area contributed by atoms with Crippen LogP contribution in [-0.4, -0.2) is 22.4 Å². The third-order valence-corrected chi connectivity index (χ3v) is 4.86. The molecule has 0 spiro atoms. The van der Waals surface area contributed by atoms with E-state index in [1.54, 1.807) is 55.1 Å². The number of rotatable bonds is 5. The first-order chi connectivity index (χ1) is 12.9. The molecular weight excluding hydrogens is 390 g/mol. The van der Waals surface area contributed by atoms with Crippen molar-refractivity contribution in [3.8, 4) is 11.3 Å². The Labute approximate surface area is 166 Å². The van der Waals surface area contributed by atoms with Crippen LogP contribution in [0.1, 0.15) is 33.8 Å². The summed E-state index contributed by atoms with van der Waals surface area (Å²) in [5.41, 5.74) is 2.36. The zero-order valence-electron chi connectivity index (χ0n) is 14.7. The van der Waals surface area contributed by atoms with Gasteiger partial charge < -0.3 is 4.74 Å². The molecule has 7 heteroatoms. The average Bonchev–Trinajstić information content (AvgIpc) is 3.03.